The molecule has 3 aromatic rings. The van der Waals surface area contributed by atoms with Crippen LogP contribution in [0, 0.1) is 0 Å². The van der Waals surface area contributed by atoms with Crippen LogP contribution in [0.1, 0.15) is 41.4 Å². The van der Waals surface area contributed by atoms with E-state index in [1.807, 2.05) is 42.5 Å². The molecular formula is C20H20O3. The lowest BCUT2D eigenvalue weighted by molar-refractivity contribution is 0.101. The SMILES string of the molecule is CCCCc1c(OC)cccc1C(=O)c1cc2ccccc2o1. The molecule has 0 spiro atoms. The minimum atomic E-state index is -0.0915. The van der Waals surface area contributed by atoms with E-state index in [4.69, 9.17) is 9.15 Å². The summed E-state index contributed by atoms with van der Waals surface area (Å²) in [5.41, 5.74) is 2.35. The van der Waals surface area contributed by atoms with Gasteiger partial charge >= 0.3 is 0 Å². The van der Waals surface area contributed by atoms with Crippen molar-refractivity contribution in [1.29, 1.82) is 0 Å². The van der Waals surface area contributed by atoms with Gasteiger partial charge in [0.05, 0.1) is 7.11 Å². The highest BCUT2D eigenvalue weighted by Gasteiger charge is 2.20. The van der Waals surface area contributed by atoms with E-state index in [-0.39, 0.29) is 5.78 Å². The van der Waals surface area contributed by atoms with Crippen molar-refractivity contribution in [3.8, 4) is 5.75 Å². The van der Waals surface area contributed by atoms with Crippen LogP contribution in [-0.2, 0) is 6.42 Å². The van der Waals surface area contributed by atoms with Gasteiger partial charge in [-0.05, 0) is 31.0 Å². The summed E-state index contributed by atoms with van der Waals surface area (Å²) < 4.78 is 11.2. The van der Waals surface area contributed by atoms with Crippen LogP contribution in [0.15, 0.2) is 52.9 Å². The molecular weight excluding hydrogens is 288 g/mol. The van der Waals surface area contributed by atoms with Gasteiger partial charge in [0.15, 0.2) is 5.76 Å². The van der Waals surface area contributed by atoms with Gasteiger partial charge in [-0.1, -0.05) is 43.7 Å². The standard InChI is InChI=1S/C20H20O3/c1-3-4-9-15-16(10-7-12-18(15)22-2)20(21)19-13-14-8-5-6-11-17(14)23-19/h5-8,10-13H,3-4,9H2,1-2H3. The smallest absolute Gasteiger partial charge is 0.228 e. The highest BCUT2D eigenvalue weighted by atomic mass is 16.5. The molecule has 0 aliphatic carbocycles. The number of fused-ring (bicyclic) bond motifs is 1. The summed E-state index contributed by atoms with van der Waals surface area (Å²) in [6.07, 6.45) is 2.90. The van der Waals surface area contributed by atoms with Gasteiger partial charge < -0.3 is 9.15 Å². The number of methoxy groups -OCH3 is 1. The maximum absolute atomic E-state index is 12.9. The van der Waals surface area contributed by atoms with E-state index in [0.29, 0.717) is 11.3 Å². The van der Waals surface area contributed by atoms with Crippen molar-refractivity contribution in [2.45, 2.75) is 26.2 Å². The fraction of sp³-hybridized carbons (Fsp3) is 0.250. The third kappa shape index (κ3) is 3.00. The van der Waals surface area contributed by atoms with Crippen molar-refractivity contribution in [3.63, 3.8) is 0 Å². The molecule has 0 unspecified atom stereocenters. The zero-order chi connectivity index (χ0) is 16.2. The Morgan fingerprint density at radius 2 is 1.96 bits per heavy atom. The quantitative estimate of drug-likeness (QED) is 0.601. The van der Waals surface area contributed by atoms with Crippen LogP contribution in [0.2, 0.25) is 0 Å². The molecule has 0 N–H and O–H groups in total. The first kappa shape index (κ1) is 15.3. The Morgan fingerprint density at radius 3 is 2.70 bits per heavy atom. The van der Waals surface area contributed by atoms with Gasteiger partial charge in [-0.3, -0.25) is 4.79 Å². The third-order valence-corrected chi connectivity index (χ3v) is 4.03. The first-order chi connectivity index (χ1) is 11.2. The highest BCUT2D eigenvalue weighted by molar-refractivity contribution is 6.10. The molecule has 2 aromatic carbocycles. The molecule has 0 radical (unpaired) electrons. The van der Waals surface area contributed by atoms with Gasteiger partial charge in [-0.2, -0.15) is 0 Å². The second-order valence-corrected chi connectivity index (χ2v) is 5.57. The van der Waals surface area contributed by atoms with Gasteiger partial charge in [-0.25, -0.2) is 0 Å². The largest absolute Gasteiger partial charge is 0.496 e. The Hall–Kier alpha value is -2.55. The van der Waals surface area contributed by atoms with Crippen molar-refractivity contribution < 1.29 is 13.9 Å². The Morgan fingerprint density at radius 1 is 1.13 bits per heavy atom. The molecule has 1 heterocycles. The number of furan rings is 1. The molecule has 0 aliphatic rings. The number of hydrogen-bond acceptors (Lipinski definition) is 3. The van der Waals surface area contributed by atoms with Crippen molar-refractivity contribution in [2.75, 3.05) is 7.11 Å². The maximum atomic E-state index is 12.9. The molecule has 3 rings (SSSR count). The molecule has 0 amide bonds. The van der Waals surface area contributed by atoms with E-state index in [1.54, 1.807) is 13.2 Å². The summed E-state index contributed by atoms with van der Waals surface area (Å²) in [4.78, 5) is 12.9. The van der Waals surface area contributed by atoms with Gasteiger partial charge in [0.2, 0.25) is 5.78 Å². The third-order valence-electron chi connectivity index (χ3n) is 4.03. The predicted molar refractivity (Wildman–Crippen MR) is 91.3 cm³/mol. The number of carbonyl (C=O) groups excluding carboxylic acids is 1. The number of unbranched alkanes of at least 4 members (excludes halogenated alkanes) is 1. The van der Waals surface area contributed by atoms with E-state index in [9.17, 15) is 4.79 Å². The number of rotatable bonds is 6. The Bertz CT molecular complexity index is 797. The molecule has 0 atom stereocenters. The highest BCUT2D eigenvalue weighted by Crippen LogP contribution is 2.28. The Kier molecular flexibility index (Phi) is 4.47. The molecule has 3 heteroatoms. The number of ether oxygens (including phenoxy) is 1. The van der Waals surface area contributed by atoms with Gasteiger partial charge in [0.1, 0.15) is 11.3 Å². The summed E-state index contributed by atoms with van der Waals surface area (Å²) >= 11 is 0. The van der Waals surface area contributed by atoms with Gasteiger partial charge in [0.25, 0.3) is 0 Å². The Balaban J connectivity index is 2.04. The summed E-state index contributed by atoms with van der Waals surface area (Å²) in [6, 6.07) is 15.1. The van der Waals surface area contributed by atoms with Crippen molar-refractivity contribution >= 4 is 16.8 Å². The van der Waals surface area contributed by atoms with Crippen LogP contribution < -0.4 is 4.74 Å². The van der Waals surface area contributed by atoms with E-state index in [0.717, 1.165) is 41.5 Å². The molecule has 23 heavy (non-hydrogen) atoms. The van der Waals surface area contributed by atoms with Gasteiger partial charge in [0, 0.05) is 16.5 Å². The number of carbonyl (C=O) groups is 1. The predicted octanol–water partition coefficient (Wildman–Crippen LogP) is 5.02. The lowest BCUT2D eigenvalue weighted by Gasteiger charge is -2.12. The number of para-hydroxylation sites is 1. The van der Waals surface area contributed by atoms with Crippen molar-refractivity contribution in [2.24, 2.45) is 0 Å². The first-order valence-corrected chi connectivity index (χ1v) is 7.93. The van der Waals surface area contributed by atoms with Crippen LogP contribution in [0.5, 0.6) is 5.75 Å². The summed E-state index contributed by atoms with van der Waals surface area (Å²) in [5.74, 6) is 1.05. The average molecular weight is 308 g/mol. The summed E-state index contributed by atoms with van der Waals surface area (Å²) in [7, 11) is 1.64. The fourth-order valence-electron chi connectivity index (χ4n) is 2.81. The molecule has 0 saturated carbocycles. The molecule has 0 aliphatic heterocycles. The second-order valence-electron chi connectivity index (χ2n) is 5.57. The Labute approximate surface area is 135 Å². The summed E-state index contributed by atoms with van der Waals surface area (Å²) in [5, 5.41) is 0.939. The van der Waals surface area contributed by atoms with Crippen LogP contribution in [0.25, 0.3) is 11.0 Å². The zero-order valence-electron chi connectivity index (χ0n) is 13.5. The number of benzene rings is 2. The number of ketones is 1. The van der Waals surface area contributed by atoms with E-state index < -0.39 is 0 Å². The average Bonchev–Trinajstić information content (AvgIpc) is 3.03. The molecule has 0 saturated heterocycles. The minimum Gasteiger partial charge on any atom is -0.496 e. The van der Waals surface area contributed by atoms with E-state index in [1.165, 1.54) is 0 Å². The lowest BCUT2D eigenvalue weighted by atomic mass is 9.97. The first-order valence-electron chi connectivity index (χ1n) is 7.93. The monoisotopic (exact) mass is 308 g/mol. The molecule has 118 valence electrons. The normalized spacial score (nSPS) is 10.9. The lowest BCUT2D eigenvalue weighted by Crippen LogP contribution is -2.06. The van der Waals surface area contributed by atoms with Crippen LogP contribution in [-0.4, -0.2) is 12.9 Å². The van der Waals surface area contributed by atoms with E-state index in [2.05, 4.69) is 6.92 Å². The minimum absolute atomic E-state index is 0.0915. The molecule has 0 fully saturated rings. The van der Waals surface area contributed by atoms with Crippen LogP contribution >= 0.6 is 0 Å². The van der Waals surface area contributed by atoms with Gasteiger partial charge in [-0.15, -0.1) is 0 Å². The van der Waals surface area contributed by atoms with Crippen molar-refractivity contribution in [3.05, 3.63) is 65.4 Å². The second kappa shape index (κ2) is 6.69. The number of hydrogen-bond donors (Lipinski definition) is 0. The fourth-order valence-corrected chi connectivity index (χ4v) is 2.81. The molecule has 3 nitrogen and oxygen atoms in total. The maximum Gasteiger partial charge on any atom is 0.228 e. The topological polar surface area (TPSA) is 39.4 Å². The van der Waals surface area contributed by atoms with Crippen LogP contribution in [0.4, 0.5) is 0 Å². The van der Waals surface area contributed by atoms with E-state index >= 15 is 0 Å². The molecule has 0 bridgehead atoms. The van der Waals surface area contributed by atoms with Crippen LogP contribution in [0.3, 0.4) is 0 Å². The zero-order valence-corrected chi connectivity index (χ0v) is 13.5. The summed E-state index contributed by atoms with van der Waals surface area (Å²) in [6.45, 7) is 2.14. The van der Waals surface area contributed by atoms with Crippen molar-refractivity contribution in [1.82, 2.24) is 0 Å². The molecule has 1 aromatic heterocycles.